The number of rotatable bonds is 6. The van der Waals surface area contributed by atoms with E-state index in [9.17, 15) is 9.90 Å². The molecular weight excluding hydrogens is 290 g/mol. The van der Waals surface area contributed by atoms with Gasteiger partial charge in [0.05, 0.1) is 12.0 Å². The quantitative estimate of drug-likeness (QED) is 0.882. The van der Waals surface area contributed by atoms with Crippen molar-refractivity contribution in [3.8, 4) is 0 Å². The fraction of sp³-hybridized carbons (Fsp3) is 0.500. The lowest BCUT2D eigenvalue weighted by Crippen LogP contribution is -2.30. The van der Waals surface area contributed by atoms with Crippen LogP contribution in [-0.2, 0) is 4.74 Å². The second-order valence-corrected chi connectivity index (χ2v) is 6.16. The molecule has 1 aliphatic rings. The van der Waals surface area contributed by atoms with E-state index in [1.54, 1.807) is 7.11 Å². The number of aryl methyl sites for hydroxylation is 1. The minimum Gasteiger partial charge on any atom is -0.477 e. The van der Waals surface area contributed by atoms with Crippen LogP contribution in [0.5, 0.6) is 0 Å². The molecule has 1 saturated carbocycles. The number of thiophene rings is 1. The van der Waals surface area contributed by atoms with Gasteiger partial charge in [-0.3, -0.25) is 0 Å². The van der Waals surface area contributed by atoms with E-state index < -0.39 is 5.97 Å². The number of hydrogen-bond donors (Lipinski definition) is 1. The fourth-order valence-corrected chi connectivity index (χ4v) is 3.49. The average molecular weight is 307 g/mol. The van der Waals surface area contributed by atoms with Gasteiger partial charge < -0.3 is 14.7 Å². The molecule has 0 radical (unpaired) electrons. The molecule has 0 bridgehead atoms. The summed E-state index contributed by atoms with van der Waals surface area (Å²) in [7, 11) is 1.68. The van der Waals surface area contributed by atoms with Crippen molar-refractivity contribution in [1.82, 2.24) is 9.97 Å². The Morgan fingerprint density at radius 3 is 2.90 bits per heavy atom. The number of aromatic carboxylic acids is 1. The summed E-state index contributed by atoms with van der Waals surface area (Å²) >= 11 is 1.21. The van der Waals surface area contributed by atoms with Gasteiger partial charge in [-0.1, -0.05) is 0 Å². The van der Waals surface area contributed by atoms with Crippen LogP contribution in [0.1, 0.15) is 28.1 Å². The third-order valence-electron chi connectivity index (χ3n) is 3.70. The average Bonchev–Trinajstić information content (AvgIpc) is 3.23. The van der Waals surface area contributed by atoms with Gasteiger partial charge in [0.1, 0.15) is 21.9 Å². The van der Waals surface area contributed by atoms with E-state index in [1.165, 1.54) is 17.7 Å². The predicted molar refractivity (Wildman–Crippen MR) is 81.4 cm³/mol. The number of ether oxygens (including phenoxy) is 1. The van der Waals surface area contributed by atoms with Crippen molar-refractivity contribution < 1.29 is 14.6 Å². The SMILES string of the molecule is COCCN(c1ncnc2sc(C(=O)O)c(C)c12)C1CC1. The van der Waals surface area contributed by atoms with E-state index >= 15 is 0 Å². The molecule has 1 aliphatic carbocycles. The summed E-state index contributed by atoms with van der Waals surface area (Å²) in [4.78, 5) is 23.3. The molecule has 21 heavy (non-hydrogen) atoms. The standard InChI is InChI=1S/C14H17N3O3S/c1-8-10-12(17(5-6-20-2)9-3-4-9)15-7-16-13(10)21-11(8)14(18)19/h7,9H,3-6H2,1-2H3,(H,18,19). The number of carboxylic acids is 1. The molecule has 2 heterocycles. The summed E-state index contributed by atoms with van der Waals surface area (Å²) in [6, 6.07) is 0.478. The summed E-state index contributed by atoms with van der Waals surface area (Å²) in [5, 5.41) is 10.2. The van der Waals surface area contributed by atoms with Gasteiger partial charge in [-0.25, -0.2) is 14.8 Å². The van der Waals surface area contributed by atoms with Crippen molar-refractivity contribution in [2.45, 2.75) is 25.8 Å². The molecule has 0 unspecified atom stereocenters. The van der Waals surface area contributed by atoms with Crippen LogP contribution in [0.3, 0.4) is 0 Å². The zero-order chi connectivity index (χ0) is 15.0. The molecule has 0 aliphatic heterocycles. The fourth-order valence-electron chi connectivity index (χ4n) is 2.51. The van der Waals surface area contributed by atoms with Crippen LogP contribution in [0, 0.1) is 6.92 Å². The monoisotopic (exact) mass is 307 g/mol. The smallest absolute Gasteiger partial charge is 0.346 e. The van der Waals surface area contributed by atoms with Crippen LogP contribution in [0.25, 0.3) is 10.2 Å². The Morgan fingerprint density at radius 1 is 1.52 bits per heavy atom. The van der Waals surface area contributed by atoms with Gasteiger partial charge in [0.25, 0.3) is 0 Å². The molecule has 2 aromatic heterocycles. The Hall–Kier alpha value is -1.73. The Labute approximate surface area is 126 Å². The number of fused-ring (bicyclic) bond motifs is 1. The molecule has 112 valence electrons. The van der Waals surface area contributed by atoms with Gasteiger partial charge in [-0.15, -0.1) is 11.3 Å². The first kappa shape index (κ1) is 14.2. The van der Waals surface area contributed by atoms with Gasteiger partial charge >= 0.3 is 5.97 Å². The van der Waals surface area contributed by atoms with Gasteiger partial charge in [0.15, 0.2) is 0 Å². The van der Waals surface area contributed by atoms with E-state index in [0.717, 1.165) is 41.0 Å². The van der Waals surface area contributed by atoms with Crippen LogP contribution in [-0.4, -0.2) is 47.3 Å². The predicted octanol–water partition coefficient (Wildman–Crippen LogP) is 2.31. The third-order valence-corrected chi connectivity index (χ3v) is 4.88. The van der Waals surface area contributed by atoms with Crippen molar-refractivity contribution in [2.24, 2.45) is 0 Å². The number of hydrogen-bond acceptors (Lipinski definition) is 6. The van der Waals surface area contributed by atoms with Crippen molar-refractivity contribution in [2.75, 3.05) is 25.2 Å². The molecule has 7 heteroatoms. The van der Waals surface area contributed by atoms with Gasteiger partial charge in [-0.2, -0.15) is 0 Å². The van der Waals surface area contributed by atoms with E-state index in [-0.39, 0.29) is 0 Å². The van der Waals surface area contributed by atoms with Crippen molar-refractivity contribution in [1.29, 1.82) is 0 Å². The second-order valence-electron chi connectivity index (χ2n) is 5.16. The lowest BCUT2D eigenvalue weighted by Gasteiger charge is -2.23. The highest BCUT2D eigenvalue weighted by Crippen LogP contribution is 2.38. The minimum atomic E-state index is -0.906. The third kappa shape index (κ3) is 2.58. The summed E-state index contributed by atoms with van der Waals surface area (Å²) in [6.45, 7) is 3.21. The van der Waals surface area contributed by atoms with Crippen LogP contribution in [0.2, 0.25) is 0 Å². The number of anilines is 1. The molecule has 2 aromatic rings. The Morgan fingerprint density at radius 2 is 2.29 bits per heavy atom. The molecular formula is C14H17N3O3S. The Kier molecular flexibility index (Phi) is 3.77. The van der Waals surface area contributed by atoms with Gasteiger partial charge in [-0.05, 0) is 25.3 Å². The van der Waals surface area contributed by atoms with E-state index in [0.29, 0.717) is 17.5 Å². The zero-order valence-electron chi connectivity index (χ0n) is 12.0. The molecule has 3 rings (SSSR count). The normalized spacial score (nSPS) is 14.6. The summed E-state index contributed by atoms with van der Waals surface area (Å²) in [5.74, 6) is -0.0721. The maximum absolute atomic E-state index is 11.3. The number of nitrogens with zero attached hydrogens (tertiary/aromatic N) is 3. The van der Waals surface area contributed by atoms with Crippen molar-refractivity contribution in [3.05, 3.63) is 16.8 Å². The van der Waals surface area contributed by atoms with Crippen molar-refractivity contribution >= 4 is 33.3 Å². The first-order valence-corrected chi connectivity index (χ1v) is 7.68. The number of methoxy groups -OCH3 is 1. The molecule has 0 atom stereocenters. The second kappa shape index (κ2) is 5.57. The molecule has 0 amide bonds. The molecule has 1 N–H and O–H groups in total. The van der Waals surface area contributed by atoms with E-state index in [4.69, 9.17) is 4.74 Å². The summed E-state index contributed by atoms with van der Waals surface area (Å²) in [5.41, 5.74) is 0.751. The molecule has 0 spiro atoms. The number of carboxylic acid groups (broad SMARTS) is 1. The van der Waals surface area contributed by atoms with E-state index in [2.05, 4.69) is 14.9 Å². The van der Waals surface area contributed by atoms with E-state index in [1.807, 2.05) is 6.92 Å². The van der Waals surface area contributed by atoms with Crippen LogP contribution in [0.15, 0.2) is 6.33 Å². The molecule has 0 saturated heterocycles. The zero-order valence-corrected chi connectivity index (χ0v) is 12.8. The number of aromatic nitrogens is 2. The minimum absolute atomic E-state index is 0.342. The van der Waals surface area contributed by atoms with Crippen LogP contribution >= 0.6 is 11.3 Å². The molecule has 1 fully saturated rings. The first-order valence-electron chi connectivity index (χ1n) is 6.86. The van der Waals surface area contributed by atoms with Gasteiger partial charge in [0.2, 0.25) is 0 Å². The Bertz CT molecular complexity index is 681. The highest BCUT2D eigenvalue weighted by molar-refractivity contribution is 7.20. The lowest BCUT2D eigenvalue weighted by atomic mass is 10.2. The highest BCUT2D eigenvalue weighted by Gasteiger charge is 2.32. The van der Waals surface area contributed by atoms with Gasteiger partial charge in [0, 0.05) is 19.7 Å². The number of carbonyl (C=O) groups is 1. The molecule has 6 nitrogen and oxygen atoms in total. The topological polar surface area (TPSA) is 75.5 Å². The highest BCUT2D eigenvalue weighted by atomic mass is 32.1. The van der Waals surface area contributed by atoms with Crippen molar-refractivity contribution in [3.63, 3.8) is 0 Å². The summed E-state index contributed by atoms with van der Waals surface area (Å²) in [6.07, 6.45) is 3.80. The summed E-state index contributed by atoms with van der Waals surface area (Å²) < 4.78 is 5.18. The lowest BCUT2D eigenvalue weighted by molar-refractivity contribution is 0.0701. The van der Waals surface area contributed by atoms with Crippen LogP contribution in [0.4, 0.5) is 5.82 Å². The molecule has 0 aromatic carbocycles. The van der Waals surface area contributed by atoms with Crippen LogP contribution < -0.4 is 4.90 Å². The first-order chi connectivity index (χ1) is 10.1. The maximum Gasteiger partial charge on any atom is 0.346 e. The largest absolute Gasteiger partial charge is 0.477 e. The maximum atomic E-state index is 11.3. The Balaban J connectivity index is 2.10.